The second-order valence-corrected chi connectivity index (χ2v) is 5.84. The lowest BCUT2D eigenvalue weighted by Crippen LogP contribution is -2.36. The number of carbonyl (C=O) groups excluding carboxylic acids is 1. The highest BCUT2D eigenvalue weighted by atomic mass is 32.1. The van der Waals surface area contributed by atoms with Crippen LogP contribution in [0.15, 0.2) is 35.0 Å². The van der Waals surface area contributed by atoms with Crippen LogP contribution in [0.2, 0.25) is 0 Å². The van der Waals surface area contributed by atoms with Gasteiger partial charge in [-0.25, -0.2) is 0 Å². The number of phenolic OH excluding ortho intramolecular Hbond substituents is 1. The number of likely N-dealkylation sites (N-methyl/N-ethyl adjacent to an activating group) is 1. The van der Waals surface area contributed by atoms with Crippen LogP contribution >= 0.6 is 11.3 Å². The molecule has 0 radical (unpaired) electrons. The lowest BCUT2D eigenvalue weighted by atomic mass is 10.1. The van der Waals surface area contributed by atoms with Crippen molar-refractivity contribution in [3.8, 4) is 5.75 Å². The smallest absolute Gasteiger partial charge is 0.310 e. The molecule has 0 spiro atoms. The first-order valence-corrected chi connectivity index (χ1v) is 7.60. The third-order valence-electron chi connectivity index (χ3n) is 3.51. The zero-order chi connectivity index (χ0) is 16.3. The Morgan fingerprint density at radius 2 is 2.18 bits per heavy atom. The summed E-state index contributed by atoms with van der Waals surface area (Å²) < 4.78 is 0. The quantitative estimate of drug-likeness (QED) is 0.678. The van der Waals surface area contributed by atoms with Crippen LogP contribution in [0.1, 0.15) is 22.8 Å². The van der Waals surface area contributed by atoms with Crippen LogP contribution in [0.25, 0.3) is 0 Å². The molecule has 1 aromatic carbocycles. The summed E-state index contributed by atoms with van der Waals surface area (Å²) in [6.07, 6.45) is 0.727. The van der Waals surface area contributed by atoms with E-state index < -0.39 is 16.4 Å². The molecule has 2 aromatic rings. The minimum absolute atomic E-state index is 0.0283. The Balaban J connectivity index is 2.13. The molecule has 1 heterocycles. The predicted molar refractivity (Wildman–Crippen MR) is 84.3 cm³/mol. The van der Waals surface area contributed by atoms with E-state index in [0.717, 1.165) is 24.1 Å². The van der Waals surface area contributed by atoms with E-state index in [2.05, 4.69) is 0 Å². The molecule has 0 bridgehead atoms. The van der Waals surface area contributed by atoms with Gasteiger partial charge in [0.25, 0.3) is 5.91 Å². The van der Waals surface area contributed by atoms with E-state index in [1.807, 2.05) is 23.8 Å². The fourth-order valence-electron chi connectivity index (χ4n) is 2.10. The van der Waals surface area contributed by atoms with Crippen molar-refractivity contribution < 1.29 is 14.8 Å². The zero-order valence-corrected chi connectivity index (χ0v) is 13.0. The van der Waals surface area contributed by atoms with Gasteiger partial charge in [0.05, 0.1) is 4.92 Å². The summed E-state index contributed by atoms with van der Waals surface area (Å²) in [6, 6.07) is 5.61. The Hall–Kier alpha value is -2.41. The van der Waals surface area contributed by atoms with Crippen molar-refractivity contribution >= 4 is 22.9 Å². The maximum atomic E-state index is 12.4. The second-order valence-electron chi connectivity index (χ2n) is 5.06. The fraction of sp³-hybridized carbons (Fsp3) is 0.267. The molecule has 1 amide bonds. The molecule has 1 N–H and O–H groups in total. The number of nitro benzene ring substituents is 1. The SMILES string of the molecule is CC(Cc1ccsc1)N(C)C(=O)c1ccc([N+](=O)[O-])c(O)c1. The molecule has 1 unspecified atom stereocenters. The number of thiophene rings is 1. The molecule has 7 heteroatoms. The van der Waals surface area contributed by atoms with E-state index in [1.54, 1.807) is 23.3 Å². The van der Waals surface area contributed by atoms with Gasteiger partial charge < -0.3 is 10.0 Å². The molecule has 0 aliphatic heterocycles. The van der Waals surface area contributed by atoms with Gasteiger partial charge in [0.15, 0.2) is 5.75 Å². The number of carbonyl (C=O) groups is 1. The van der Waals surface area contributed by atoms with Gasteiger partial charge in [-0.3, -0.25) is 14.9 Å². The number of nitro groups is 1. The topological polar surface area (TPSA) is 83.7 Å². The number of hydrogen-bond donors (Lipinski definition) is 1. The van der Waals surface area contributed by atoms with Crippen LogP contribution in [-0.4, -0.2) is 33.9 Å². The summed E-state index contributed by atoms with van der Waals surface area (Å²) in [6.45, 7) is 1.93. The van der Waals surface area contributed by atoms with E-state index in [1.165, 1.54) is 6.07 Å². The van der Waals surface area contributed by atoms with Gasteiger partial charge in [0.1, 0.15) is 0 Å². The highest BCUT2D eigenvalue weighted by Crippen LogP contribution is 2.27. The molecule has 2 rings (SSSR count). The summed E-state index contributed by atoms with van der Waals surface area (Å²) >= 11 is 1.60. The Kier molecular flexibility index (Phi) is 4.77. The number of rotatable bonds is 5. The first kappa shape index (κ1) is 16.0. The number of amides is 1. The lowest BCUT2D eigenvalue weighted by Gasteiger charge is -2.25. The van der Waals surface area contributed by atoms with E-state index >= 15 is 0 Å². The highest BCUT2D eigenvalue weighted by Gasteiger charge is 2.21. The fourth-order valence-corrected chi connectivity index (χ4v) is 2.78. The maximum absolute atomic E-state index is 12.4. The van der Waals surface area contributed by atoms with Gasteiger partial charge in [-0.1, -0.05) is 0 Å². The zero-order valence-electron chi connectivity index (χ0n) is 12.2. The van der Waals surface area contributed by atoms with Crippen molar-refractivity contribution in [3.63, 3.8) is 0 Å². The monoisotopic (exact) mass is 320 g/mol. The molecule has 0 saturated heterocycles. The van der Waals surface area contributed by atoms with Crippen LogP contribution in [-0.2, 0) is 6.42 Å². The molecular formula is C15H16N2O4S. The van der Waals surface area contributed by atoms with Crippen LogP contribution in [0.5, 0.6) is 5.75 Å². The summed E-state index contributed by atoms with van der Waals surface area (Å²) in [5.41, 5.74) is 0.969. The molecule has 116 valence electrons. The van der Waals surface area contributed by atoms with Crippen LogP contribution in [0, 0.1) is 10.1 Å². The van der Waals surface area contributed by atoms with Gasteiger partial charge in [0.2, 0.25) is 0 Å². The number of nitrogens with zero attached hydrogens (tertiary/aromatic N) is 2. The third-order valence-corrected chi connectivity index (χ3v) is 4.24. The normalized spacial score (nSPS) is 11.9. The molecule has 22 heavy (non-hydrogen) atoms. The van der Waals surface area contributed by atoms with Crippen molar-refractivity contribution in [2.75, 3.05) is 7.05 Å². The van der Waals surface area contributed by atoms with Crippen molar-refractivity contribution in [2.24, 2.45) is 0 Å². The molecule has 0 aliphatic rings. The van der Waals surface area contributed by atoms with Crippen molar-refractivity contribution in [1.82, 2.24) is 4.90 Å². The first-order chi connectivity index (χ1) is 10.4. The molecule has 6 nitrogen and oxygen atoms in total. The van der Waals surface area contributed by atoms with Crippen molar-refractivity contribution in [2.45, 2.75) is 19.4 Å². The van der Waals surface area contributed by atoms with E-state index in [4.69, 9.17) is 0 Å². The molecular weight excluding hydrogens is 304 g/mol. The lowest BCUT2D eigenvalue weighted by molar-refractivity contribution is -0.385. The van der Waals surface area contributed by atoms with Gasteiger partial charge in [-0.05, 0) is 47.9 Å². The first-order valence-electron chi connectivity index (χ1n) is 6.65. The maximum Gasteiger partial charge on any atom is 0.310 e. The van der Waals surface area contributed by atoms with Gasteiger partial charge in [-0.15, -0.1) is 0 Å². The van der Waals surface area contributed by atoms with Crippen LogP contribution in [0.4, 0.5) is 5.69 Å². The van der Waals surface area contributed by atoms with Crippen molar-refractivity contribution in [1.29, 1.82) is 0 Å². The standard InChI is InChI=1S/C15H16N2O4S/c1-10(7-11-5-6-22-9-11)16(2)15(19)12-3-4-13(17(20)21)14(18)8-12/h3-6,8-10,18H,7H2,1-2H3. The molecule has 1 aromatic heterocycles. The number of hydrogen-bond acceptors (Lipinski definition) is 5. The molecule has 1 atom stereocenters. The summed E-state index contributed by atoms with van der Waals surface area (Å²) in [4.78, 5) is 23.9. The minimum Gasteiger partial charge on any atom is -0.502 e. The van der Waals surface area contributed by atoms with Crippen LogP contribution < -0.4 is 0 Å². The van der Waals surface area contributed by atoms with E-state index in [0.29, 0.717) is 0 Å². The second kappa shape index (κ2) is 6.57. The van der Waals surface area contributed by atoms with Gasteiger partial charge in [0, 0.05) is 24.7 Å². The average Bonchev–Trinajstić information content (AvgIpc) is 2.98. The Labute approximate surface area is 131 Å². The molecule has 0 aliphatic carbocycles. The van der Waals surface area contributed by atoms with Gasteiger partial charge in [-0.2, -0.15) is 11.3 Å². The number of benzene rings is 1. The third kappa shape index (κ3) is 3.43. The number of aromatic hydroxyl groups is 1. The average molecular weight is 320 g/mol. The Morgan fingerprint density at radius 3 is 2.73 bits per heavy atom. The summed E-state index contributed by atoms with van der Waals surface area (Å²) in [5, 5.41) is 24.3. The van der Waals surface area contributed by atoms with E-state index in [-0.39, 0.29) is 17.5 Å². The highest BCUT2D eigenvalue weighted by molar-refractivity contribution is 7.07. The number of phenols is 1. The summed E-state index contributed by atoms with van der Waals surface area (Å²) in [5.74, 6) is -0.789. The van der Waals surface area contributed by atoms with E-state index in [9.17, 15) is 20.0 Å². The summed E-state index contributed by atoms with van der Waals surface area (Å²) in [7, 11) is 1.68. The molecule has 0 saturated carbocycles. The Morgan fingerprint density at radius 1 is 1.45 bits per heavy atom. The van der Waals surface area contributed by atoms with Crippen molar-refractivity contribution in [3.05, 3.63) is 56.3 Å². The molecule has 0 fully saturated rings. The predicted octanol–water partition coefficient (Wildman–Crippen LogP) is 3.07. The van der Waals surface area contributed by atoms with Gasteiger partial charge >= 0.3 is 5.69 Å². The minimum atomic E-state index is -0.688. The Bertz CT molecular complexity index is 685. The largest absolute Gasteiger partial charge is 0.502 e. The van der Waals surface area contributed by atoms with Crippen LogP contribution in [0.3, 0.4) is 0 Å².